The zero-order chi connectivity index (χ0) is 13.1. The van der Waals surface area contributed by atoms with Crippen molar-refractivity contribution in [2.24, 2.45) is 5.73 Å². The lowest BCUT2D eigenvalue weighted by Crippen LogP contribution is -2.28. The van der Waals surface area contributed by atoms with Gasteiger partial charge in [-0.3, -0.25) is 0 Å². The number of nitrogens with two attached hydrogens (primary N) is 1. The molecule has 0 aliphatic rings. The van der Waals surface area contributed by atoms with Crippen LogP contribution < -0.4 is 15.2 Å². The van der Waals surface area contributed by atoms with Gasteiger partial charge in [-0.05, 0) is 47.5 Å². The van der Waals surface area contributed by atoms with Gasteiger partial charge in [0.05, 0.1) is 17.2 Å². The van der Waals surface area contributed by atoms with Gasteiger partial charge < -0.3 is 20.3 Å². The molecule has 0 fully saturated rings. The summed E-state index contributed by atoms with van der Waals surface area (Å²) >= 11 is 3.41. The zero-order valence-electron chi connectivity index (χ0n) is 10.3. The van der Waals surface area contributed by atoms with E-state index in [4.69, 9.17) is 15.2 Å². The number of rotatable bonds is 5. The highest BCUT2D eigenvalue weighted by Crippen LogP contribution is 2.36. The van der Waals surface area contributed by atoms with E-state index in [1.165, 1.54) is 0 Å². The second-order valence-electron chi connectivity index (χ2n) is 4.41. The second-order valence-corrected chi connectivity index (χ2v) is 5.27. The van der Waals surface area contributed by atoms with Gasteiger partial charge in [-0.1, -0.05) is 0 Å². The molecule has 0 aromatic heterocycles. The maximum absolute atomic E-state index is 9.63. The molecule has 3 N–H and O–H groups in total. The summed E-state index contributed by atoms with van der Waals surface area (Å²) in [6, 6.07) is 3.70. The van der Waals surface area contributed by atoms with E-state index >= 15 is 0 Å². The molecule has 4 nitrogen and oxygen atoms in total. The average Bonchev–Trinajstić information content (AvgIpc) is 2.25. The summed E-state index contributed by atoms with van der Waals surface area (Å²) in [6.45, 7) is 3.98. The van der Waals surface area contributed by atoms with Crippen LogP contribution in [0.1, 0.15) is 19.4 Å². The molecule has 0 aliphatic heterocycles. The van der Waals surface area contributed by atoms with Crippen molar-refractivity contribution < 1.29 is 14.6 Å². The number of benzene rings is 1. The number of methoxy groups -OCH3 is 1. The Balaban J connectivity index is 2.98. The van der Waals surface area contributed by atoms with Crippen LogP contribution >= 0.6 is 15.9 Å². The second kappa shape index (κ2) is 5.71. The molecule has 0 saturated heterocycles. The predicted octanol–water partition coefficient (Wildman–Crippen LogP) is 2.07. The van der Waals surface area contributed by atoms with Crippen molar-refractivity contribution in [3.63, 3.8) is 0 Å². The van der Waals surface area contributed by atoms with Crippen LogP contribution in [0, 0.1) is 0 Å². The average molecular weight is 304 g/mol. The third kappa shape index (κ3) is 4.18. The summed E-state index contributed by atoms with van der Waals surface area (Å²) < 4.78 is 11.6. The van der Waals surface area contributed by atoms with E-state index in [9.17, 15) is 5.11 Å². The molecule has 0 atom stereocenters. The molecule has 17 heavy (non-hydrogen) atoms. The summed E-state index contributed by atoms with van der Waals surface area (Å²) in [7, 11) is 1.57. The summed E-state index contributed by atoms with van der Waals surface area (Å²) in [6.07, 6.45) is 0. The molecule has 0 amide bonds. The Morgan fingerprint density at radius 1 is 1.41 bits per heavy atom. The minimum Gasteiger partial charge on any atom is -0.493 e. The molecule has 0 aliphatic carbocycles. The van der Waals surface area contributed by atoms with Crippen LogP contribution in [0.3, 0.4) is 0 Å². The first kappa shape index (κ1) is 14.3. The van der Waals surface area contributed by atoms with Crippen molar-refractivity contribution in [3.05, 3.63) is 22.2 Å². The van der Waals surface area contributed by atoms with Gasteiger partial charge in [0.25, 0.3) is 0 Å². The van der Waals surface area contributed by atoms with Crippen LogP contribution in [-0.4, -0.2) is 24.4 Å². The van der Waals surface area contributed by atoms with Crippen molar-refractivity contribution in [2.45, 2.75) is 26.0 Å². The first-order valence-electron chi connectivity index (χ1n) is 5.29. The number of halogens is 1. The largest absolute Gasteiger partial charge is 0.493 e. The number of hydrogen-bond donors (Lipinski definition) is 2. The van der Waals surface area contributed by atoms with Crippen LogP contribution in [0.15, 0.2) is 16.6 Å². The Morgan fingerprint density at radius 3 is 2.53 bits per heavy atom. The van der Waals surface area contributed by atoms with Gasteiger partial charge in [0, 0.05) is 6.54 Å². The standard InChI is InChI=1S/C12H18BrNO3/c1-12(2,15)7-17-11-9(13)4-8(6-14)5-10(11)16-3/h4-5,15H,6-7,14H2,1-3H3. The lowest BCUT2D eigenvalue weighted by Gasteiger charge is -2.20. The lowest BCUT2D eigenvalue weighted by molar-refractivity contribution is 0.0273. The molecule has 0 bridgehead atoms. The van der Waals surface area contributed by atoms with Gasteiger partial charge in [-0.25, -0.2) is 0 Å². The number of aliphatic hydroxyl groups is 1. The zero-order valence-corrected chi connectivity index (χ0v) is 11.9. The molecule has 5 heteroatoms. The summed E-state index contributed by atoms with van der Waals surface area (Å²) in [4.78, 5) is 0. The van der Waals surface area contributed by atoms with Gasteiger partial charge in [-0.2, -0.15) is 0 Å². The first-order valence-corrected chi connectivity index (χ1v) is 6.08. The molecule has 1 aromatic carbocycles. The smallest absolute Gasteiger partial charge is 0.175 e. The monoisotopic (exact) mass is 303 g/mol. The quantitative estimate of drug-likeness (QED) is 0.874. The van der Waals surface area contributed by atoms with E-state index in [2.05, 4.69) is 15.9 Å². The lowest BCUT2D eigenvalue weighted by atomic mass is 10.1. The molecule has 0 heterocycles. The fourth-order valence-electron chi connectivity index (χ4n) is 1.28. The van der Waals surface area contributed by atoms with Crippen LogP contribution in [-0.2, 0) is 6.54 Å². The van der Waals surface area contributed by atoms with E-state index in [0.717, 1.165) is 10.0 Å². The fourth-order valence-corrected chi connectivity index (χ4v) is 1.88. The van der Waals surface area contributed by atoms with E-state index in [1.54, 1.807) is 21.0 Å². The Labute approximate surface area is 110 Å². The highest BCUT2D eigenvalue weighted by Gasteiger charge is 2.17. The van der Waals surface area contributed by atoms with Crippen LogP contribution in [0.2, 0.25) is 0 Å². The number of hydrogen-bond acceptors (Lipinski definition) is 4. The highest BCUT2D eigenvalue weighted by molar-refractivity contribution is 9.10. The Kier molecular flexibility index (Phi) is 4.80. The maximum Gasteiger partial charge on any atom is 0.175 e. The van der Waals surface area contributed by atoms with Gasteiger partial charge in [0.15, 0.2) is 11.5 Å². The van der Waals surface area contributed by atoms with Crippen molar-refractivity contribution in [1.29, 1.82) is 0 Å². The molecule has 0 radical (unpaired) electrons. The van der Waals surface area contributed by atoms with E-state index in [1.807, 2.05) is 12.1 Å². The minimum atomic E-state index is -0.892. The van der Waals surface area contributed by atoms with Crippen LogP contribution in [0.5, 0.6) is 11.5 Å². The van der Waals surface area contributed by atoms with Crippen molar-refractivity contribution in [3.8, 4) is 11.5 Å². The summed E-state index contributed by atoms with van der Waals surface area (Å²) in [5.41, 5.74) is 5.63. The maximum atomic E-state index is 9.63. The predicted molar refractivity (Wildman–Crippen MR) is 70.4 cm³/mol. The molecule has 0 saturated carbocycles. The molecule has 96 valence electrons. The van der Waals surface area contributed by atoms with Gasteiger partial charge >= 0.3 is 0 Å². The van der Waals surface area contributed by atoms with E-state index in [-0.39, 0.29) is 6.61 Å². The molecule has 0 spiro atoms. The van der Waals surface area contributed by atoms with E-state index < -0.39 is 5.60 Å². The summed E-state index contributed by atoms with van der Waals surface area (Å²) in [5.74, 6) is 1.18. The highest BCUT2D eigenvalue weighted by atomic mass is 79.9. The Hall–Kier alpha value is -0.780. The SMILES string of the molecule is COc1cc(CN)cc(Br)c1OCC(C)(C)O. The summed E-state index contributed by atoms with van der Waals surface area (Å²) in [5, 5.41) is 9.63. The van der Waals surface area contributed by atoms with Crippen molar-refractivity contribution in [1.82, 2.24) is 0 Å². The van der Waals surface area contributed by atoms with Crippen molar-refractivity contribution >= 4 is 15.9 Å². The molecular formula is C12H18BrNO3. The normalized spacial score (nSPS) is 11.4. The van der Waals surface area contributed by atoms with Gasteiger partial charge in [0.2, 0.25) is 0 Å². The Bertz CT molecular complexity index is 388. The molecule has 1 rings (SSSR count). The third-order valence-corrected chi connectivity index (χ3v) is 2.68. The topological polar surface area (TPSA) is 64.7 Å². The third-order valence-electron chi connectivity index (χ3n) is 2.09. The van der Waals surface area contributed by atoms with Crippen LogP contribution in [0.25, 0.3) is 0 Å². The number of ether oxygens (including phenoxy) is 2. The molecule has 0 unspecified atom stereocenters. The van der Waals surface area contributed by atoms with Gasteiger partial charge in [0.1, 0.15) is 6.61 Å². The van der Waals surface area contributed by atoms with Gasteiger partial charge in [-0.15, -0.1) is 0 Å². The molecule has 1 aromatic rings. The fraction of sp³-hybridized carbons (Fsp3) is 0.500. The molecular weight excluding hydrogens is 286 g/mol. The Morgan fingerprint density at radius 2 is 2.06 bits per heavy atom. The van der Waals surface area contributed by atoms with Crippen LogP contribution in [0.4, 0.5) is 0 Å². The minimum absolute atomic E-state index is 0.184. The van der Waals surface area contributed by atoms with Crippen molar-refractivity contribution in [2.75, 3.05) is 13.7 Å². The van der Waals surface area contributed by atoms with E-state index in [0.29, 0.717) is 18.0 Å². The first-order chi connectivity index (χ1) is 7.87.